The average molecular weight is 752 g/mol. The summed E-state index contributed by atoms with van der Waals surface area (Å²) in [7, 11) is -4.08. The number of halogens is 1. The highest BCUT2D eigenvalue weighted by Crippen LogP contribution is 2.56. The molecule has 8 atom stereocenters. The molecule has 0 saturated carbocycles. The highest BCUT2D eigenvalue weighted by Gasteiger charge is 2.58. The molecule has 1 N–H and O–H groups in total. The van der Waals surface area contributed by atoms with Crippen molar-refractivity contribution in [2.45, 2.75) is 141 Å². The number of imidazole rings is 1. The maximum Gasteiger partial charge on any atom is 0.475 e. The van der Waals surface area contributed by atoms with Crippen molar-refractivity contribution in [1.29, 1.82) is 0 Å². The summed E-state index contributed by atoms with van der Waals surface area (Å²) in [5.74, 6) is -1.90. The van der Waals surface area contributed by atoms with Gasteiger partial charge in [0.15, 0.2) is 39.9 Å². The van der Waals surface area contributed by atoms with Crippen LogP contribution >= 0.6 is 23.8 Å². The molecule has 264 valence electrons. The van der Waals surface area contributed by atoms with Gasteiger partial charge in [0.05, 0.1) is 24.4 Å². The first-order valence-corrected chi connectivity index (χ1v) is 17.8. The van der Waals surface area contributed by atoms with E-state index in [1.54, 1.807) is 73.8 Å². The minimum atomic E-state index is -4.08. The molecule has 0 amide bonds. The van der Waals surface area contributed by atoms with Crippen LogP contribution in [-0.4, -0.2) is 96.8 Å². The fourth-order valence-corrected chi connectivity index (χ4v) is 8.66. The first kappa shape index (κ1) is 35.5. The number of rotatable bonds is 8. The van der Waals surface area contributed by atoms with Gasteiger partial charge in [0, 0.05) is 0 Å². The lowest BCUT2D eigenvalue weighted by Crippen LogP contribution is -2.34. The fourth-order valence-electron chi connectivity index (χ4n) is 6.30. The van der Waals surface area contributed by atoms with Gasteiger partial charge in [-0.1, -0.05) is 0 Å². The topological polar surface area (TPSA) is 173 Å². The van der Waals surface area contributed by atoms with Crippen molar-refractivity contribution in [3.63, 3.8) is 0 Å². The summed E-state index contributed by atoms with van der Waals surface area (Å²) in [6.07, 6.45) is -4.47. The van der Waals surface area contributed by atoms with E-state index in [-0.39, 0.29) is 29.1 Å². The van der Waals surface area contributed by atoms with Crippen molar-refractivity contribution >= 4 is 34.9 Å². The molecule has 4 aliphatic heterocycles. The Labute approximate surface area is 281 Å². The number of aromatic nitrogens is 4. The Kier molecular flexibility index (Phi) is 8.97. The van der Waals surface area contributed by atoms with Crippen LogP contribution in [0.5, 0.6) is 0 Å². The summed E-state index contributed by atoms with van der Waals surface area (Å²) in [5.41, 5.74) is -1.92. The van der Waals surface area contributed by atoms with E-state index in [4.69, 9.17) is 42.0 Å². The number of aliphatic hydroxyl groups excluding tert-OH is 1. The van der Waals surface area contributed by atoms with E-state index in [1.165, 1.54) is 10.9 Å². The monoisotopic (exact) mass is 750 g/mol. The number of phosphoric acid groups is 1. The molecule has 0 spiro atoms. The zero-order chi connectivity index (χ0) is 34.5. The molecule has 6 heterocycles. The Morgan fingerprint density at radius 1 is 0.894 bits per heavy atom. The summed E-state index contributed by atoms with van der Waals surface area (Å²) in [4.78, 5) is 23.1. The average Bonchev–Trinajstić information content (AvgIpc) is 3.65. The van der Waals surface area contributed by atoms with Gasteiger partial charge in [-0.2, -0.15) is 0 Å². The quantitative estimate of drug-likeness (QED) is 0.304. The highest BCUT2D eigenvalue weighted by molar-refractivity contribution is 9.10. The molecule has 47 heavy (non-hydrogen) atoms. The Balaban J connectivity index is 1.30. The van der Waals surface area contributed by atoms with Crippen LogP contribution in [0.3, 0.4) is 0 Å². The lowest BCUT2D eigenvalue weighted by molar-refractivity contribution is -0.200. The highest BCUT2D eigenvalue weighted by atomic mass is 79.9. The molecule has 2 aromatic rings. The summed E-state index contributed by atoms with van der Waals surface area (Å²) >= 11 is 3.46. The number of ether oxygens (including phenoxy) is 6. The van der Waals surface area contributed by atoms with Crippen molar-refractivity contribution in [2.24, 2.45) is 0 Å². The number of hydrogen-bond acceptors (Lipinski definition) is 14. The number of nitrogens with zero attached hydrogens (tertiary/aromatic N) is 4. The third kappa shape index (κ3) is 7.01. The molecule has 2 aromatic heterocycles. The maximum atomic E-state index is 14.0. The van der Waals surface area contributed by atoms with Crippen LogP contribution in [0.15, 0.2) is 15.9 Å². The van der Waals surface area contributed by atoms with Crippen LogP contribution in [0.4, 0.5) is 0 Å². The minimum Gasteiger partial charge on any atom is -0.394 e. The number of hydrogen-bond donors (Lipinski definition) is 1. The summed E-state index contributed by atoms with van der Waals surface area (Å²) in [6.45, 7) is 17.0. The van der Waals surface area contributed by atoms with Crippen LogP contribution in [0, 0.1) is 0 Å². The van der Waals surface area contributed by atoms with Crippen LogP contribution < -0.4 is 5.56 Å². The predicted molar refractivity (Wildman–Crippen MR) is 167 cm³/mol. The van der Waals surface area contributed by atoms with Crippen LogP contribution in [0.25, 0.3) is 11.2 Å². The summed E-state index contributed by atoms with van der Waals surface area (Å²) in [6, 6.07) is 0. The van der Waals surface area contributed by atoms with Crippen LogP contribution in [0.1, 0.15) is 81.7 Å². The zero-order valence-electron chi connectivity index (χ0n) is 28.2. The SMILES string of the molecule is CC(C)(C)OP(=O)(OC[C@H]1O[C@@H](n2cnc3c(nc(Br)n3[C@@H]3O[C@H](CO)[C@H]4OC(C)(C)O[C@H]43)c2=O)[C@@H]2OC(C)(C)O[C@@H]21)OC(C)(C)C. The second-order valence-corrected chi connectivity index (χ2v) is 17.2. The molecule has 0 radical (unpaired) electrons. The molecular weight excluding hydrogens is 707 g/mol. The molecular formula is C29H44BrN4O12P. The predicted octanol–water partition coefficient (Wildman–Crippen LogP) is 3.94. The Bertz CT molecular complexity index is 1600. The second kappa shape index (κ2) is 11.9. The molecule has 4 saturated heterocycles. The van der Waals surface area contributed by atoms with Crippen molar-refractivity contribution in [2.75, 3.05) is 13.2 Å². The van der Waals surface area contributed by atoms with Gasteiger partial charge in [0.2, 0.25) is 0 Å². The van der Waals surface area contributed by atoms with Crippen LogP contribution in [-0.2, 0) is 46.6 Å². The smallest absolute Gasteiger partial charge is 0.394 e. The first-order valence-electron chi connectivity index (χ1n) is 15.5. The number of fused-ring (bicyclic) bond motifs is 3. The van der Waals surface area contributed by atoms with E-state index < -0.39 is 85.2 Å². The maximum absolute atomic E-state index is 14.0. The molecule has 0 aromatic carbocycles. The lowest BCUT2D eigenvalue weighted by Gasteiger charge is -2.32. The van der Waals surface area contributed by atoms with E-state index >= 15 is 0 Å². The third-order valence-electron chi connectivity index (χ3n) is 7.71. The van der Waals surface area contributed by atoms with E-state index in [0.29, 0.717) is 0 Å². The fraction of sp³-hybridized carbons (Fsp3) is 0.828. The normalized spacial score (nSPS) is 33.5. The van der Waals surface area contributed by atoms with Gasteiger partial charge in [-0.3, -0.25) is 27.5 Å². The molecule has 4 aliphatic rings. The molecule has 0 bridgehead atoms. The summed E-state index contributed by atoms with van der Waals surface area (Å²) < 4.78 is 71.2. The molecule has 18 heteroatoms. The second-order valence-electron chi connectivity index (χ2n) is 15.0. The standard InChI is InChI=1S/C29H44BrN4O12P/c1-26(2,3)45-47(37,46-27(4,5)6)38-12-15-18-19(43-29(9,10)42-18)23(40-15)33-13-31-21-16(22(33)36)32-25(30)34(21)24-20-17(14(11-35)39-24)41-28(7,8)44-20/h13-15,17-20,23-24,35H,11-12H2,1-10H3/t14-,15-,17-,18-,19-,20-,23-,24-/m1/s1. The van der Waals surface area contributed by atoms with Gasteiger partial charge >= 0.3 is 7.82 Å². The van der Waals surface area contributed by atoms with Gasteiger partial charge in [0.25, 0.3) is 5.56 Å². The Morgan fingerprint density at radius 2 is 1.40 bits per heavy atom. The van der Waals surface area contributed by atoms with E-state index in [2.05, 4.69) is 25.9 Å². The van der Waals surface area contributed by atoms with E-state index in [0.717, 1.165) is 0 Å². The van der Waals surface area contributed by atoms with E-state index in [9.17, 15) is 14.5 Å². The third-order valence-corrected chi connectivity index (χ3v) is 10.3. The lowest BCUT2D eigenvalue weighted by atomic mass is 10.1. The number of aliphatic hydroxyl groups is 1. The van der Waals surface area contributed by atoms with Crippen molar-refractivity contribution in [3.05, 3.63) is 21.4 Å². The Hall–Kier alpha value is -1.34. The van der Waals surface area contributed by atoms with Gasteiger partial charge in [0.1, 0.15) is 43.0 Å². The molecule has 0 unspecified atom stereocenters. The Morgan fingerprint density at radius 3 is 1.96 bits per heavy atom. The van der Waals surface area contributed by atoms with E-state index in [1.807, 2.05) is 0 Å². The number of phosphoric ester groups is 1. The van der Waals surface area contributed by atoms with Gasteiger partial charge < -0.3 is 33.5 Å². The first-order chi connectivity index (χ1) is 21.6. The van der Waals surface area contributed by atoms with Crippen molar-refractivity contribution < 1.29 is 51.7 Å². The molecule has 16 nitrogen and oxygen atoms in total. The molecule has 6 rings (SSSR count). The van der Waals surface area contributed by atoms with Crippen LogP contribution in [0.2, 0.25) is 0 Å². The molecule has 0 aliphatic carbocycles. The van der Waals surface area contributed by atoms with Crippen molar-refractivity contribution in [1.82, 2.24) is 19.1 Å². The molecule has 4 fully saturated rings. The van der Waals surface area contributed by atoms with Gasteiger partial charge in [-0.05, 0) is 85.2 Å². The summed E-state index contributed by atoms with van der Waals surface area (Å²) in [5, 5.41) is 9.96. The minimum absolute atomic E-state index is 0.0322. The largest absolute Gasteiger partial charge is 0.475 e. The van der Waals surface area contributed by atoms with Gasteiger partial charge in [-0.15, -0.1) is 0 Å². The van der Waals surface area contributed by atoms with Crippen molar-refractivity contribution in [3.8, 4) is 0 Å². The zero-order valence-corrected chi connectivity index (χ0v) is 30.6. The van der Waals surface area contributed by atoms with Gasteiger partial charge in [-0.25, -0.2) is 14.5 Å².